The average Bonchev–Trinajstić information content (AvgIpc) is 3.65. The van der Waals surface area contributed by atoms with Gasteiger partial charge in [0, 0.05) is 48.0 Å². The molecule has 8 atom stereocenters. The molecule has 1 aliphatic heterocycles. The van der Waals surface area contributed by atoms with Gasteiger partial charge < -0.3 is 46.9 Å². The molecule has 16 nitrogen and oxygen atoms in total. The summed E-state index contributed by atoms with van der Waals surface area (Å²) < 4.78 is 0.825. The highest BCUT2D eigenvalue weighted by Crippen LogP contribution is 2.25. The Morgan fingerprint density at radius 1 is 0.857 bits per heavy atom. The van der Waals surface area contributed by atoms with E-state index in [0.717, 1.165) is 26.5 Å². The van der Waals surface area contributed by atoms with Crippen LogP contribution < -0.4 is 31.9 Å². The van der Waals surface area contributed by atoms with Crippen molar-refractivity contribution in [2.24, 2.45) is 17.8 Å². The van der Waals surface area contributed by atoms with Crippen LogP contribution in [-0.4, -0.2) is 106 Å². The van der Waals surface area contributed by atoms with E-state index >= 15 is 0 Å². The molecular formula is C46H65BrN8O8. The van der Waals surface area contributed by atoms with Crippen LogP contribution in [0.1, 0.15) is 91.2 Å². The second-order valence-electron chi connectivity index (χ2n) is 17.1. The van der Waals surface area contributed by atoms with Crippen molar-refractivity contribution in [2.75, 3.05) is 13.6 Å². The number of nitrogens with zero attached hydrogens (tertiary/aromatic N) is 1. The number of carboxylic acids is 1. The number of rotatable bonds is 13. The number of H-pyrrole nitrogens is 1. The van der Waals surface area contributed by atoms with Crippen molar-refractivity contribution in [3.8, 4) is 0 Å². The lowest BCUT2D eigenvalue weighted by Crippen LogP contribution is -2.61. The molecule has 63 heavy (non-hydrogen) atoms. The number of urea groups is 1. The average molecular weight is 938 g/mol. The maximum absolute atomic E-state index is 14.7. The van der Waals surface area contributed by atoms with E-state index in [4.69, 9.17) is 0 Å². The van der Waals surface area contributed by atoms with Gasteiger partial charge in [-0.1, -0.05) is 101 Å². The van der Waals surface area contributed by atoms with E-state index in [1.165, 1.54) is 11.9 Å². The van der Waals surface area contributed by atoms with Crippen molar-refractivity contribution in [1.82, 2.24) is 41.8 Å². The van der Waals surface area contributed by atoms with E-state index in [9.17, 15) is 38.7 Å². The first-order valence-corrected chi connectivity index (χ1v) is 22.8. The van der Waals surface area contributed by atoms with Crippen molar-refractivity contribution in [3.63, 3.8) is 0 Å². The summed E-state index contributed by atoms with van der Waals surface area (Å²) in [4.78, 5) is 102. The molecule has 344 valence electrons. The highest BCUT2D eigenvalue weighted by atomic mass is 79.9. The lowest BCUT2D eigenvalue weighted by Gasteiger charge is -2.33. The van der Waals surface area contributed by atoms with Crippen LogP contribution in [0.4, 0.5) is 4.79 Å². The van der Waals surface area contributed by atoms with Gasteiger partial charge in [-0.3, -0.25) is 24.0 Å². The molecule has 0 bridgehead atoms. The number of amides is 7. The number of hydrogen-bond donors (Lipinski definition) is 8. The van der Waals surface area contributed by atoms with E-state index < -0.39 is 89.6 Å². The Hall–Kier alpha value is -5.45. The van der Waals surface area contributed by atoms with Crippen LogP contribution in [-0.2, 0) is 41.6 Å². The van der Waals surface area contributed by atoms with Crippen LogP contribution in [0.15, 0.2) is 59.2 Å². The van der Waals surface area contributed by atoms with Crippen molar-refractivity contribution in [2.45, 2.75) is 129 Å². The molecule has 1 aliphatic rings. The number of nitrogens with one attached hydrogen (secondary N) is 7. The maximum atomic E-state index is 14.7. The van der Waals surface area contributed by atoms with E-state index in [1.807, 2.05) is 69.3 Å². The molecule has 1 saturated heterocycles. The van der Waals surface area contributed by atoms with E-state index in [1.54, 1.807) is 27.0 Å². The Balaban J connectivity index is 1.76. The van der Waals surface area contributed by atoms with Crippen LogP contribution in [0.25, 0.3) is 10.9 Å². The molecule has 17 heteroatoms. The number of carbonyl (C=O) groups excluding carboxylic acids is 6. The van der Waals surface area contributed by atoms with Crippen LogP contribution in [0.5, 0.6) is 0 Å². The smallest absolute Gasteiger partial charge is 0.326 e. The second-order valence-corrected chi connectivity index (χ2v) is 18.1. The predicted octanol–water partition coefficient (Wildman–Crippen LogP) is 4.56. The molecular weight excluding hydrogens is 872 g/mol. The summed E-state index contributed by atoms with van der Waals surface area (Å²) in [6, 6.07) is 7.29. The highest BCUT2D eigenvalue weighted by Gasteiger charge is 2.38. The predicted molar refractivity (Wildman–Crippen MR) is 244 cm³/mol. The van der Waals surface area contributed by atoms with Crippen LogP contribution in [0.3, 0.4) is 0 Å². The minimum absolute atomic E-state index is 0.0740. The fourth-order valence-corrected chi connectivity index (χ4v) is 8.03. The second kappa shape index (κ2) is 23.8. The Morgan fingerprint density at radius 3 is 2.21 bits per heavy atom. The lowest BCUT2D eigenvalue weighted by molar-refractivity contribution is -0.143. The lowest BCUT2D eigenvalue weighted by atomic mass is 9.95. The zero-order valence-electron chi connectivity index (χ0n) is 37.4. The molecule has 0 aliphatic carbocycles. The number of hydrogen-bond acceptors (Lipinski definition) is 7. The van der Waals surface area contributed by atoms with Crippen molar-refractivity contribution in [1.29, 1.82) is 0 Å². The Bertz CT molecular complexity index is 2060. The largest absolute Gasteiger partial charge is 0.480 e. The molecule has 2 heterocycles. The molecule has 0 unspecified atom stereocenters. The zero-order valence-corrected chi connectivity index (χ0v) is 39.0. The molecule has 8 N–H and O–H groups in total. The molecule has 0 radical (unpaired) electrons. The number of halogens is 1. The minimum Gasteiger partial charge on any atom is -0.480 e. The fourth-order valence-electron chi connectivity index (χ4n) is 7.67. The number of aromatic amines is 1. The molecule has 7 amide bonds. The number of carboxylic acid groups (broad SMARTS) is 1. The summed E-state index contributed by atoms with van der Waals surface area (Å²) in [5.41, 5.74) is 2.38. The van der Waals surface area contributed by atoms with Crippen molar-refractivity contribution in [3.05, 3.63) is 70.3 Å². The molecule has 4 rings (SSSR count). The summed E-state index contributed by atoms with van der Waals surface area (Å²) in [5.74, 6) is -4.96. The molecule has 0 spiro atoms. The van der Waals surface area contributed by atoms with Crippen LogP contribution in [0.2, 0.25) is 0 Å². The van der Waals surface area contributed by atoms with Crippen LogP contribution in [0, 0.1) is 17.8 Å². The van der Waals surface area contributed by atoms with Gasteiger partial charge in [-0.25, -0.2) is 9.59 Å². The van der Waals surface area contributed by atoms with E-state index in [0.29, 0.717) is 25.7 Å². The third-order valence-electron chi connectivity index (χ3n) is 11.9. The Morgan fingerprint density at radius 2 is 1.56 bits per heavy atom. The number of benzene rings is 2. The summed E-state index contributed by atoms with van der Waals surface area (Å²) in [6.07, 6.45) is 3.97. The monoisotopic (exact) mass is 936 g/mol. The first kappa shape index (κ1) is 50.2. The number of likely N-dealkylation sites (N-methyl/N-ethyl adjacent to an activating group) is 1. The van der Waals surface area contributed by atoms with Gasteiger partial charge >= 0.3 is 12.0 Å². The Labute approximate surface area is 378 Å². The molecule has 2 aromatic carbocycles. The summed E-state index contributed by atoms with van der Waals surface area (Å²) in [5, 5.41) is 27.4. The van der Waals surface area contributed by atoms with Crippen molar-refractivity contribution >= 4 is 68.4 Å². The third kappa shape index (κ3) is 14.3. The Kier molecular flexibility index (Phi) is 19.0. The zero-order chi connectivity index (χ0) is 46.4. The number of aromatic nitrogens is 1. The van der Waals surface area contributed by atoms with Gasteiger partial charge in [0.2, 0.25) is 29.5 Å². The first-order valence-electron chi connectivity index (χ1n) is 22.0. The highest BCUT2D eigenvalue weighted by molar-refractivity contribution is 9.10. The van der Waals surface area contributed by atoms with Gasteiger partial charge in [0.1, 0.15) is 36.3 Å². The number of carbonyl (C=O) groups is 7. The molecule has 1 aromatic heterocycles. The van der Waals surface area contributed by atoms with Gasteiger partial charge in [-0.2, -0.15) is 0 Å². The quantitative estimate of drug-likeness (QED) is 0.121. The van der Waals surface area contributed by atoms with Gasteiger partial charge in [0.25, 0.3) is 0 Å². The summed E-state index contributed by atoms with van der Waals surface area (Å²) in [6.45, 7) is 11.1. The van der Waals surface area contributed by atoms with Crippen molar-refractivity contribution < 1.29 is 38.7 Å². The topological polar surface area (TPSA) is 231 Å². The van der Waals surface area contributed by atoms with Gasteiger partial charge in [0.05, 0.1) is 0 Å². The van der Waals surface area contributed by atoms with Gasteiger partial charge in [0.15, 0.2) is 0 Å². The van der Waals surface area contributed by atoms with Gasteiger partial charge in [-0.15, -0.1) is 0 Å². The fraction of sp³-hybridized carbons (Fsp3) is 0.543. The summed E-state index contributed by atoms with van der Waals surface area (Å²) >= 11 is 3.54. The normalized spacial score (nSPS) is 22.7. The first-order chi connectivity index (χ1) is 29.9. The third-order valence-corrected chi connectivity index (χ3v) is 12.4. The molecule has 0 saturated carbocycles. The van der Waals surface area contributed by atoms with Crippen LogP contribution >= 0.6 is 15.9 Å². The summed E-state index contributed by atoms with van der Waals surface area (Å²) in [7, 11) is 1.51. The minimum atomic E-state index is -1.22. The van der Waals surface area contributed by atoms with E-state index in [-0.39, 0.29) is 38.1 Å². The maximum Gasteiger partial charge on any atom is 0.326 e. The number of aliphatic carboxylic acids is 1. The SMILES string of the molecule is CC[C@@H](C)[C@H](NC(=O)N[C@H]1CCCCNC(=O)[C@H](Cc2ccccc2)NC(=O)[C@H](Cc2c[nH]c3ccc(Br)cc23)N(C)C(=O)[C@H](CC(C)C)NC(=O)[C@@H]([C@@H](C)CC)NC1=O)C(=O)O. The molecule has 3 aromatic rings. The number of fused-ring (bicyclic) bond motifs is 1. The molecule has 1 fully saturated rings. The standard InChI is InChI=1S/C46H65BrN8O8/c1-8-27(5)38-43(59)51-36(21-26(3)4)44(60)55(7)37(23-30-25-49-33-19-18-31(47)24-32(30)33)42(58)50-35(22-29-15-11-10-12-16-29)40(56)48-20-14-13-17-34(41(57)53-38)52-46(63)54-39(45(61)62)28(6)9-2/h10-12,15-16,18-19,24-28,34-39,49H,8-9,13-14,17,20-23H2,1-7H3,(H,48,56)(H,50,58)(H,51,59)(H,53,57)(H,61,62)(H2,52,54,63)/t27-,28+,34-,35-,36-,37-,38+,39-/m0/s1. The van der Waals surface area contributed by atoms with E-state index in [2.05, 4.69) is 52.8 Å². The van der Waals surface area contributed by atoms with Gasteiger partial charge in [-0.05, 0) is 72.8 Å².